The lowest BCUT2D eigenvalue weighted by atomic mass is 10.3. The standard InChI is InChI=1S/C12H11BrN2O2/c1-7-11(17-8(2)14-7)12(16)15-10-5-3-4-9(13)6-10/h3-6H,1-2H3,(H,15,16). The van der Waals surface area contributed by atoms with Crippen molar-refractivity contribution in [1.82, 2.24) is 4.98 Å². The molecule has 0 atom stereocenters. The van der Waals surface area contributed by atoms with Crippen molar-refractivity contribution in [3.8, 4) is 0 Å². The molecule has 1 amide bonds. The summed E-state index contributed by atoms with van der Waals surface area (Å²) in [5.41, 5.74) is 1.30. The summed E-state index contributed by atoms with van der Waals surface area (Å²) in [5, 5.41) is 2.75. The molecule has 5 heteroatoms. The minimum absolute atomic E-state index is 0.252. The highest BCUT2D eigenvalue weighted by Crippen LogP contribution is 2.17. The molecule has 0 bridgehead atoms. The second-order valence-corrected chi connectivity index (χ2v) is 4.53. The van der Waals surface area contributed by atoms with Crippen LogP contribution in [-0.2, 0) is 0 Å². The predicted octanol–water partition coefficient (Wildman–Crippen LogP) is 3.31. The number of aromatic nitrogens is 1. The van der Waals surface area contributed by atoms with Crippen LogP contribution in [0.25, 0.3) is 0 Å². The lowest BCUT2D eigenvalue weighted by Crippen LogP contribution is -2.12. The molecule has 0 aliphatic heterocycles. The number of carbonyl (C=O) groups excluding carboxylic acids is 1. The second-order valence-electron chi connectivity index (χ2n) is 3.61. The van der Waals surface area contributed by atoms with E-state index < -0.39 is 0 Å². The normalized spacial score (nSPS) is 10.3. The topological polar surface area (TPSA) is 55.1 Å². The molecule has 0 spiro atoms. The van der Waals surface area contributed by atoms with Crippen LogP contribution < -0.4 is 5.32 Å². The average Bonchev–Trinajstić information content (AvgIpc) is 2.58. The number of amides is 1. The Kier molecular flexibility index (Phi) is 3.28. The van der Waals surface area contributed by atoms with Gasteiger partial charge in [0.25, 0.3) is 5.91 Å². The maximum absolute atomic E-state index is 11.9. The van der Waals surface area contributed by atoms with E-state index in [9.17, 15) is 4.79 Å². The van der Waals surface area contributed by atoms with Gasteiger partial charge in [-0.15, -0.1) is 0 Å². The van der Waals surface area contributed by atoms with E-state index in [0.717, 1.165) is 4.47 Å². The van der Waals surface area contributed by atoms with Crippen LogP contribution in [0.15, 0.2) is 33.2 Å². The second kappa shape index (κ2) is 4.71. The minimum Gasteiger partial charge on any atom is -0.436 e. The highest BCUT2D eigenvalue weighted by Gasteiger charge is 2.15. The first-order valence-electron chi connectivity index (χ1n) is 5.07. The van der Waals surface area contributed by atoms with E-state index in [1.54, 1.807) is 19.9 Å². The maximum Gasteiger partial charge on any atom is 0.293 e. The first kappa shape index (κ1) is 11.9. The van der Waals surface area contributed by atoms with Gasteiger partial charge in [-0.25, -0.2) is 4.98 Å². The number of aryl methyl sites for hydroxylation is 2. The molecule has 0 radical (unpaired) electrons. The molecule has 88 valence electrons. The Morgan fingerprint density at radius 3 is 2.76 bits per heavy atom. The fourth-order valence-corrected chi connectivity index (χ4v) is 1.90. The number of oxazole rings is 1. The molecule has 2 rings (SSSR count). The van der Waals surface area contributed by atoms with Gasteiger partial charge in [0.15, 0.2) is 5.89 Å². The number of carbonyl (C=O) groups is 1. The summed E-state index contributed by atoms with van der Waals surface area (Å²) in [6, 6.07) is 7.36. The molecule has 0 fully saturated rings. The lowest BCUT2D eigenvalue weighted by Gasteiger charge is -2.03. The summed E-state index contributed by atoms with van der Waals surface area (Å²) >= 11 is 3.34. The van der Waals surface area contributed by atoms with Crippen LogP contribution in [0.5, 0.6) is 0 Å². The highest BCUT2D eigenvalue weighted by atomic mass is 79.9. The fourth-order valence-electron chi connectivity index (χ4n) is 1.50. The molecule has 0 aliphatic carbocycles. The summed E-state index contributed by atoms with van der Waals surface area (Å²) in [7, 11) is 0. The number of benzene rings is 1. The zero-order valence-corrected chi connectivity index (χ0v) is 11.0. The molecule has 2 aromatic rings. The molecule has 1 heterocycles. The van der Waals surface area contributed by atoms with Crippen molar-refractivity contribution < 1.29 is 9.21 Å². The SMILES string of the molecule is Cc1nc(C)c(C(=O)Nc2cccc(Br)c2)o1. The van der Waals surface area contributed by atoms with Gasteiger partial charge in [-0.05, 0) is 25.1 Å². The Balaban J connectivity index is 2.20. The third kappa shape index (κ3) is 2.74. The molecule has 1 N–H and O–H groups in total. The van der Waals surface area contributed by atoms with E-state index in [4.69, 9.17) is 4.42 Å². The molecule has 0 unspecified atom stereocenters. The minimum atomic E-state index is -0.291. The monoisotopic (exact) mass is 294 g/mol. The lowest BCUT2D eigenvalue weighted by molar-refractivity contribution is 0.0994. The van der Waals surface area contributed by atoms with Crippen molar-refractivity contribution in [1.29, 1.82) is 0 Å². The van der Waals surface area contributed by atoms with Gasteiger partial charge in [-0.1, -0.05) is 22.0 Å². The van der Waals surface area contributed by atoms with Gasteiger partial charge in [0, 0.05) is 17.1 Å². The van der Waals surface area contributed by atoms with E-state index in [1.807, 2.05) is 18.2 Å². The van der Waals surface area contributed by atoms with Crippen LogP contribution in [0.2, 0.25) is 0 Å². The predicted molar refractivity (Wildman–Crippen MR) is 68.1 cm³/mol. The van der Waals surface area contributed by atoms with E-state index in [1.165, 1.54) is 0 Å². The first-order valence-corrected chi connectivity index (χ1v) is 5.86. The van der Waals surface area contributed by atoms with E-state index in [-0.39, 0.29) is 11.7 Å². The Morgan fingerprint density at radius 1 is 1.41 bits per heavy atom. The third-order valence-electron chi connectivity index (χ3n) is 2.19. The molecular weight excluding hydrogens is 284 g/mol. The summed E-state index contributed by atoms with van der Waals surface area (Å²) in [4.78, 5) is 16.0. The summed E-state index contributed by atoms with van der Waals surface area (Å²) in [6.07, 6.45) is 0. The van der Waals surface area contributed by atoms with Gasteiger partial charge in [0.1, 0.15) is 0 Å². The Morgan fingerprint density at radius 2 is 2.18 bits per heavy atom. The smallest absolute Gasteiger partial charge is 0.293 e. The van der Waals surface area contributed by atoms with Gasteiger partial charge in [0.05, 0.1) is 5.69 Å². The summed E-state index contributed by atoms with van der Waals surface area (Å²) in [6.45, 7) is 3.45. The van der Waals surface area contributed by atoms with Crippen molar-refractivity contribution in [3.05, 3.63) is 46.1 Å². The quantitative estimate of drug-likeness (QED) is 0.924. The fraction of sp³-hybridized carbons (Fsp3) is 0.167. The number of nitrogens with one attached hydrogen (secondary N) is 1. The van der Waals surface area contributed by atoms with Gasteiger partial charge >= 0.3 is 0 Å². The molecule has 0 saturated carbocycles. The zero-order valence-electron chi connectivity index (χ0n) is 9.45. The van der Waals surface area contributed by atoms with Gasteiger partial charge in [0.2, 0.25) is 5.76 Å². The molecular formula is C12H11BrN2O2. The molecule has 0 saturated heterocycles. The molecule has 1 aromatic heterocycles. The number of nitrogens with zero attached hydrogens (tertiary/aromatic N) is 1. The van der Waals surface area contributed by atoms with Crippen LogP contribution in [0, 0.1) is 13.8 Å². The Labute approximate surface area is 107 Å². The molecule has 1 aromatic carbocycles. The molecule has 4 nitrogen and oxygen atoms in total. The van der Waals surface area contributed by atoms with Crippen LogP contribution in [0.4, 0.5) is 5.69 Å². The summed E-state index contributed by atoms with van der Waals surface area (Å²) in [5.74, 6) is 0.450. The van der Waals surface area contributed by atoms with Crippen molar-refractivity contribution in [2.75, 3.05) is 5.32 Å². The number of rotatable bonds is 2. The van der Waals surface area contributed by atoms with E-state index in [2.05, 4.69) is 26.2 Å². The first-order chi connectivity index (χ1) is 8.06. The van der Waals surface area contributed by atoms with Crippen molar-refractivity contribution in [2.45, 2.75) is 13.8 Å². The number of anilines is 1. The molecule has 0 aliphatic rings. The van der Waals surface area contributed by atoms with Gasteiger partial charge < -0.3 is 9.73 Å². The Hall–Kier alpha value is -1.62. The van der Waals surface area contributed by atoms with E-state index in [0.29, 0.717) is 17.3 Å². The van der Waals surface area contributed by atoms with Crippen molar-refractivity contribution in [2.24, 2.45) is 0 Å². The van der Waals surface area contributed by atoms with Crippen LogP contribution in [0.1, 0.15) is 22.1 Å². The van der Waals surface area contributed by atoms with Crippen LogP contribution in [0.3, 0.4) is 0 Å². The maximum atomic E-state index is 11.9. The third-order valence-corrected chi connectivity index (χ3v) is 2.69. The van der Waals surface area contributed by atoms with E-state index >= 15 is 0 Å². The molecule has 17 heavy (non-hydrogen) atoms. The average molecular weight is 295 g/mol. The van der Waals surface area contributed by atoms with Gasteiger partial charge in [-0.2, -0.15) is 0 Å². The zero-order chi connectivity index (χ0) is 12.4. The van der Waals surface area contributed by atoms with Crippen molar-refractivity contribution >= 4 is 27.5 Å². The highest BCUT2D eigenvalue weighted by molar-refractivity contribution is 9.10. The van der Waals surface area contributed by atoms with Crippen LogP contribution >= 0.6 is 15.9 Å². The van der Waals surface area contributed by atoms with Crippen molar-refractivity contribution in [3.63, 3.8) is 0 Å². The Bertz CT molecular complexity index is 563. The number of hydrogen-bond acceptors (Lipinski definition) is 3. The summed E-state index contributed by atoms with van der Waals surface area (Å²) < 4.78 is 6.15. The largest absolute Gasteiger partial charge is 0.436 e. The van der Waals surface area contributed by atoms with Gasteiger partial charge in [-0.3, -0.25) is 4.79 Å². The van der Waals surface area contributed by atoms with Crippen LogP contribution in [-0.4, -0.2) is 10.9 Å². The number of hydrogen-bond donors (Lipinski definition) is 1. The number of halogens is 1.